The minimum atomic E-state index is -5.38. The first-order chi connectivity index (χ1) is 20.5. The van der Waals surface area contributed by atoms with Crippen molar-refractivity contribution in [3.63, 3.8) is 0 Å². The van der Waals surface area contributed by atoms with Gasteiger partial charge in [-0.05, 0) is 62.1 Å². The number of likely N-dealkylation sites (tertiary alicyclic amines) is 1. The minimum Gasteiger partial charge on any atom is -0.453 e. The van der Waals surface area contributed by atoms with Crippen LogP contribution in [0.2, 0.25) is 0 Å². The molecule has 12 heteroatoms. The van der Waals surface area contributed by atoms with Crippen LogP contribution in [0.1, 0.15) is 44.1 Å². The summed E-state index contributed by atoms with van der Waals surface area (Å²) in [6.07, 6.45) is 4.90. The highest BCUT2D eigenvalue weighted by Crippen LogP contribution is 2.48. The summed E-state index contributed by atoms with van der Waals surface area (Å²) in [5, 5.41) is 14.1. The summed E-state index contributed by atoms with van der Waals surface area (Å²) in [5.74, 6) is 0.188. The largest absolute Gasteiger partial charge is 0.501 e. The number of alkyl halides is 3. The van der Waals surface area contributed by atoms with E-state index in [9.17, 15) is 31.6 Å². The first-order valence-corrected chi connectivity index (χ1v) is 16.2. The van der Waals surface area contributed by atoms with Gasteiger partial charge >= 0.3 is 11.6 Å². The second kappa shape index (κ2) is 12.4. The van der Waals surface area contributed by atoms with E-state index in [0.717, 1.165) is 69.3 Å². The maximum Gasteiger partial charge on any atom is 0.501 e. The summed E-state index contributed by atoms with van der Waals surface area (Å²) in [5.41, 5.74) is -4.55. The number of carbonyl (C=O) groups excluding carboxylic acids is 1. The molecule has 5 rings (SSSR count). The second-order valence-electron chi connectivity index (χ2n) is 11.8. The molecule has 0 bridgehead atoms. The van der Waals surface area contributed by atoms with Crippen molar-refractivity contribution in [3.05, 3.63) is 60.2 Å². The Kier molecular flexibility index (Phi) is 8.95. The van der Waals surface area contributed by atoms with E-state index in [-0.39, 0.29) is 23.9 Å². The van der Waals surface area contributed by atoms with Crippen molar-refractivity contribution in [1.29, 1.82) is 5.26 Å². The number of ether oxygens (including phenoxy) is 1. The van der Waals surface area contributed by atoms with E-state index >= 15 is 0 Å². The van der Waals surface area contributed by atoms with Crippen molar-refractivity contribution < 1.29 is 31.1 Å². The van der Waals surface area contributed by atoms with Crippen molar-refractivity contribution in [2.75, 3.05) is 38.2 Å². The molecular weight excluding hydrogens is 581 g/mol. The molecule has 3 aliphatic rings. The maximum absolute atomic E-state index is 12.9. The predicted octanol–water partition coefficient (Wildman–Crippen LogP) is 5.26. The van der Waals surface area contributed by atoms with E-state index in [2.05, 4.69) is 16.3 Å². The van der Waals surface area contributed by atoms with Gasteiger partial charge in [0.25, 0.3) is 9.84 Å². The summed E-state index contributed by atoms with van der Waals surface area (Å²) in [6.45, 7) is 2.97. The molecule has 2 saturated heterocycles. The van der Waals surface area contributed by atoms with Crippen LogP contribution in [-0.2, 0) is 20.0 Å². The molecule has 8 nitrogen and oxygen atoms in total. The number of rotatable bonds is 8. The third-order valence-electron chi connectivity index (χ3n) is 9.43. The lowest BCUT2D eigenvalue weighted by molar-refractivity contribution is -0.0436. The Morgan fingerprint density at radius 3 is 2.35 bits per heavy atom. The van der Waals surface area contributed by atoms with E-state index in [0.29, 0.717) is 18.8 Å². The van der Waals surface area contributed by atoms with Crippen LogP contribution in [0.3, 0.4) is 0 Å². The molecule has 1 saturated carbocycles. The normalized spacial score (nSPS) is 24.9. The molecule has 0 spiro atoms. The van der Waals surface area contributed by atoms with Crippen molar-refractivity contribution in [2.45, 2.75) is 66.4 Å². The molecule has 2 aromatic carbocycles. The molecule has 1 N–H and O–H groups in total. The average Bonchev–Trinajstić information content (AvgIpc) is 3.44. The number of amides is 1. The van der Waals surface area contributed by atoms with Gasteiger partial charge in [-0.25, -0.2) is 13.2 Å². The number of anilines is 1. The first kappa shape index (κ1) is 31.1. The number of methoxy groups -OCH3 is 1. The van der Waals surface area contributed by atoms with Gasteiger partial charge in [0.05, 0.1) is 18.1 Å². The number of hydrogen-bond donors (Lipinski definition) is 1. The first-order valence-electron chi connectivity index (χ1n) is 14.7. The molecule has 0 radical (unpaired) electrons. The zero-order chi connectivity index (χ0) is 30.8. The van der Waals surface area contributed by atoms with Crippen molar-refractivity contribution in [3.8, 4) is 6.07 Å². The zero-order valence-corrected chi connectivity index (χ0v) is 24.9. The monoisotopic (exact) mass is 618 g/mol. The van der Waals surface area contributed by atoms with Crippen LogP contribution in [0, 0.1) is 23.2 Å². The van der Waals surface area contributed by atoms with Gasteiger partial charge in [-0.3, -0.25) is 4.90 Å². The Balaban J connectivity index is 1.34. The van der Waals surface area contributed by atoms with Gasteiger partial charge in [-0.15, -0.1) is 0 Å². The number of carbonyl (C=O) groups is 1. The Morgan fingerprint density at radius 2 is 1.72 bits per heavy atom. The van der Waals surface area contributed by atoms with Gasteiger partial charge in [-0.2, -0.15) is 18.4 Å². The number of hydrogen-bond acceptors (Lipinski definition) is 7. The number of sulfone groups is 1. The lowest BCUT2D eigenvalue weighted by Crippen LogP contribution is -2.61. The lowest BCUT2D eigenvalue weighted by atomic mass is 9.62. The molecule has 2 aromatic rings. The lowest BCUT2D eigenvalue weighted by Gasteiger charge is -2.52. The summed E-state index contributed by atoms with van der Waals surface area (Å²) >= 11 is 0. The van der Waals surface area contributed by atoms with E-state index in [1.165, 1.54) is 19.2 Å². The number of alkyl carbamates (subject to hydrolysis) is 1. The Hall–Kier alpha value is -3.30. The quantitative estimate of drug-likeness (QED) is 0.431. The van der Waals surface area contributed by atoms with Crippen LogP contribution in [0.4, 0.5) is 23.7 Å². The summed E-state index contributed by atoms with van der Waals surface area (Å²) in [7, 11) is -4.04. The topological polar surface area (TPSA) is 103 Å². The highest BCUT2D eigenvalue weighted by Gasteiger charge is 2.54. The molecule has 4 atom stereocenters. The zero-order valence-electron chi connectivity index (χ0n) is 24.1. The van der Waals surface area contributed by atoms with Gasteiger partial charge in [0, 0.05) is 49.2 Å². The van der Waals surface area contributed by atoms with Gasteiger partial charge in [0.2, 0.25) is 0 Å². The second-order valence-corrected chi connectivity index (χ2v) is 13.8. The SMILES string of the molecule is COC(=O)N[C@H]1CCC[C@@H]1[C@](C#N)(c1ccccc1)C1CCCCN1CC1CN(c2ccc(S(=O)(=O)C(F)(F)F)cc2)C1. The summed E-state index contributed by atoms with van der Waals surface area (Å²) in [4.78, 5) is 15.9. The molecular formula is C31H37F3N4O4S. The van der Waals surface area contributed by atoms with Gasteiger partial charge in [-0.1, -0.05) is 43.2 Å². The maximum atomic E-state index is 12.9. The number of piperidine rings is 1. The van der Waals surface area contributed by atoms with Crippen LogP contribution < -0.4 is 10.2 Å². The Labute approximate surface area is 250 Å². The smallest absolute Gasteiger partial charge is 0.453 e. The summed E-state index contributed by atoms with van der Waals surface area (Å²) < 4.78 is 67.1. The fourth-order valence-electron chi connectivity index (χ4n) is 7.40. The Bertz CT molecular complexity index is 1430. The van der Waals surface area contributed by atoms with Crippen LogP contribution in [0.5, 0.6) is 0 Å². The van der Waals surface area contributed by atoms with Crippen molar-refractivity contribution in [2.24, 2.45) is 11.8 Å². The standard InChI is InChI=1S/C31H37F3N4O4S/c1-42-29(39)36-27-11-7-10-26(27)30(21-35,23-8-3-2-4-9-23)28-12-5-6-17-37(28)18-22-19-38(20-22)24-13-15-25(16-14-24)43(40,41)31(32,33)34/h2-4,8-9,13-16,22,26-28H,5-7,10-12,17-20H2,1H3,(H,36,39)/t26-,27-,28?,30-/m0/s1. The number of nitrogens with one attached hydrogen (secondary N) is 1. The van der Waals surface area contributed by atoms with Crippen LogP contribution in [0.15, 0.2) is 59.5 Å². The highest BCUT2D eigenvalue weighted by molar-refractivity contribution is 7.92. The van der Waals surface area contributed by atoms with E-state index < -0.39 is 31.7 Å². The van der Waals surface area contributed by atoms with Crippen LogP contribution in [0.25, 0.3) is 0 Å². The fourth-order valence-corrected chi connectivity index (χ4v) is 8.16. The van der Waals surface area contributed by atoms with Crippen molar-refractivity contribution >= 4 is 21.6 Å². The summed E-state index contributed by atoms with van der Waals surface area (Å²) in [6, 6.07) is 17.3. The van der Waals surface area contributed by atoms with E-state index in [1.807, 2.05) is 35.2 Å². The molecule has 2 heterocycles. The molecule has 3 fully saturated rings. The molecule has 2 aliphatic heterocycles. The van der Waals surface area contributed by atoms with Gasteiger partial charge in [0.15, 0.2) is 0 Å². The minimum absolute atomic E-state index is 0.0559. The van der Waals surface area contributed by atoms with Crippen LogP contribution in [-0.4, -0.2) is 70.3 Å². The molecule has 1 amide bonds. The number of nitrogens with zero attached hydrogens (tertiary/aromatic N) is 3. The third kappa shape index (κ3) is 5.94. The molecule has 1 unspecified atom stereocenters. The molecule has 43 heavy (non-hydrogen) atoms. The Morgan fingerprint density at radius 1 is 1.02 bits per heavy atom. The van der Waals surface area contributed by atoms with E-state index in [4.69, 9.17) is 4.74 Å². The van der Waals surface area contributed by atoms with Gasteiger partial charge in [0.1, 0.15) is 5.41 Å². The van der Waals surface area contributed by atoms with Crippen molar-refractivity contribution in [1.82, 2.24) is 10.2 Å². The predicted molar refractivity (Wildman–Crippen MR) is 155 cm³/mol. The van der Waals surface area contributed by atoms with E-state index in [1.54, 1.807) is 0 Å². The molecule has 1 aliphatic carbocycles. The fraction of sp³-hybridized carbons (Fsp3) is 0.548. The number of benzene rings is 2. The van der Waals surface area contributed by atoms with Crippen LogP contribution >= 0.6 is 0 Å². The third-order valence-corrected chi connectivity index (χ3v) is 10.9. The molecule has 232 valence electrons. The number of nitriles is 1. The highest BCUT2D eigenvalue weighted by atomic mass is 32.2. The number of halogens is 3. The average molecular weight is 619 g/mol. The molecule has 0 aromatic heterocycles. The van der Waals surface area contributed by atoms with Gasteiger partial charge < -0.3 is 15.0 Å².